The summed E-state index contributed by atoms with van der Waals surface area (Å²) >= 11 is 0. The van der Waals surface area contributed by atoms with Gasteiger partial charge in [-0.2, -0.15) is 0 Å². The van der Waals surface area contributed by atoms with Gasteiger partial charge in [0.1, 0.15) is 0 Å². The Morgan fingerprint density at radius 1 is 0.696 bits per heavy atom. The van der Waals surface area contributed by atoms with Crippen molar-refractivity contribution in [2.45, 2.75) is 18.4 Å². The molecule has 0 spiro atoms. The van der Waals surface area contributed by atoms with Gasteiger partial charge in [0.25, 0.3) is 0 Å². The molecule has 0 fully saturated rings. The third-order valence-corrected chi connectivity index (χ3v) is 5.47. The van der Waals surface area contributed by atoms with E-state index in [0.717, 1.165) is 6.42 Å². The summed E-state index contributed by atoms with van der Waals surface area (Å²) in [7, 11) is 0. The summed E-state index contributed by atoms with van der Waals surface area (Å²) in [5.41, 5.74) is 7.17. The number of nitrogens with one attached hydrogen (secondary N) is 1. The summed E-state index contributed by atoms with van der Waals surface area (Å²) in [5.74, 6) is 1.10. The lowest BCUT2D eigenvalue weighted by atomic mass is 9.76. The summed E-state index contributed by atoms with van der Waals surface area (Å²) in [4.78, 5) is 0. The van der Waals surface area contributed by atoms with E-state index in [9.17, 15) is 0 Å². The first kappa shape index (κ1) is 13.0. The number of rotatable bonds is 1. The van der Waals surface area contributed by atoms with Crippen LogP contribution >= 0.6 is 0 Å². The average Bonchev–Trinajstić information content (AvgIpc) is 3.01. The van der Waals surface area contributed by atoms with Gasteiger partial charge in [-0.15, -0.1) is 0 Å². The van der Waals surface area contributed by atoms with E-state index < -0.39 is 0 Å². The van der Waals surface area contributed by atoms with Crippen molar-refractivity contribution in [3.05, 3.63) is 101 Å². The van der Waals surface area contributed by atoms with Gasteiger partial charge in [-0.1, -0.05) is 72.8 Å². The fraction of sp³-hybridized carbons (Fsp3) is 0.182. The number of benzene rings is 3. The van der Waals surface area contributed by atoms with E-state index in [1.807, 2.05) is 0 Å². The maximum absolute atomic E-state index is 3.82. The van der Waals surface area contributed by atoms with E-state index in [4.69, 9.17) is 0 Å². The predicted molar refractivity (Wildman–Crippen MR) is 94.7 cm³/mol. The molecule has 3 aromatic carbocycles. The van der Waals surface area contributed by atoms with Gasteiger partial charge in [-0.25, -0.2) is 0 Å². The Bertz CT molecular complexity index is 853. The fourth-order valence-corrected chi connectivity index (χ4v) is 4.50. The van der Waals surface area contributed by atoms with E-state index in [1.54, 1.807) is 0 Å². The molecule has 2 aliphatic rings. The van der Waals surface area contributed by atoms with Crippen molar-refractivity contribution in [2.24, 2.45) is 5.92 Å². The molecule has 3 aromatic rings. The molecule has 0 saturated carbocycles. The van der Waals surface area contributed by atoms with Gasteiger partial charge in [0, 0.05) is 11.6 Å². The van der Waals surface area contributed by atoms with Crippen molar-refractivity contribution in [1.29, 1.82) is 0 Å². The minimum atomic E-state index is 0.378. The minimum absolute atomic E-state index is 0.378. The highest BCUT2D eigenvalue weighted by Crippen LogP contribution is 2.53. The summed E-state index contributed by atoms with van der Waals surface area (Å²) in [6.45, 7) is 0. The Labute approximate surface area is 137 Å². The summed E-state index contributed by atoms with van der Waals surface area (Å²) in [5, 5.41) is 3.82. The molecule has 1 aliphatic carbocycles. The molecule has 3 atom stereocenters. The van der Waals surface area contributed by atoms with Gasteiger partial charge < -0.3 is 5.32 Å². The van der Waals surface area contributed by atoms with E-state index in [0.29, 0.717) is 17.9 Å². The fourth-order valence-electron chi connectivity index (χ4n) is 4.50. The Balaban J connectivity index is 1.70. The van der Waals surface area contributed by atoms with Crippen LogP contribution in [0.25, 0.3) is 0 Å². The highest BCUT2D eigenvalue weighted by atomic mass is 15.0. The molecular formula is C22H19N. The lowest BCUT2D eigenvalue weighted by molar-refractivity contribution is 0.421. The summed E-state index contributed by atoms with van der Waals surface area (Å²) in [6.07, 6.45) is 1.15. The Kier molecular flexibility index (Phi) is 2.81. The molecular weight excluding hydrogens is 278 g/mol. The SMILES string of the molecule is c1ccc(C2Nc3ccccc3C3c4ccccc4CC23)cc1. The first-order valence-electron chi connectivity index (χ1n) is 8.40. The second-order valence-corrected chi connectivity index (χ2v) is 6.66. The van der Waals surface area contributed by atoms with Crippen LogP contribution in [0.4, 0.5) is 5.69 Å². The number of fused-ring (bicyclic) bond motifs is 5. The van der Waals surface area contributed by atoms with Gasteiger partial charge in [-0.3, -0.25) is 0 Å². The molecule has 1 heteroatoms. The highest BCUT2D eigenvalue weighted by molar-refractivity contribution is 5.62. The molecule has 1 heterocycles. The summed E-state index contributed by atoms with van der Waals surface area (Å²) in [6, 6.07) is 29.1. The Morgan fingerprint density at radius 3 is 2.26 bits per heavy atom. The zero-order valence-corrected chi connectivity index (χ0v) is 12.9. The molecule has 112 valence electrons. The van der Waals surface area contributed by atoms with Crippen molar-refractivity contribution in [1.82, 2.24) is 0 Å². The molecule has 0 amide bonds. The zero-order chi connectivity index (χ0) is 15.2. The van der Waals surface area contributed by atoms with Crippen LogP contribution in [0.2, 0.25) is 0 Å². The smallest absolute Gasteiger partial charge is 0.0554 e. The normalized spacial score (nSPS) is 24.3. The highest BCUT2D eigenvalue weighted by Gasteiger charge is 2.42. The van der Waals surface area contributed by atoms with E-state index in [1.165, 1.54) is 27.9 Å². The van der Waals surface area contributed by atoms with Crippen molar-refractivity contribution >= 4 is 5.69 Å². The predicted octanol–water partition coefficient (Wildman–Crippen LogP) is 5.16. The monoisotopic (exact) mass is 297 g/mol. The Hall–Kier alpha value is -2.54. The van der Waals surface area contributed by atoms with E-state index in [2.05, 4.69) is 84.2 Å². The zero-order valence-electron chi connectivity index (χ0n) is 12.9. The first-order valence-corrected chi connectivity index (χ1v) is 8.40. The molecule has 1 aliphatic heterocycles. The van der Waals surface area contributed by atoms with Crippen LogP contribution in [0, 0.1) is 5.92 Å². The van der Waals surface area contributed by atoms with E-state index >= 15 is 0 Å². The number of para-hydroxylation sites is 1. The second-order valence-electron chi connectivity index (χ2n) is 6.66. The van der Waals surface area contributed by atoms with Crippen LogP contribution in [0.3, 0.4) is 0 Å². The quantitative estimate of drug-likeness (QED) is 0.654. The lowest BCUT2D eigenvalue weighted by Gasteiger charge is -2.38. The second kappa shape index (κ2) is 4.99. The van der Waals surface area contributed by atoms with Gasteiger partial charge in [0.05, 0.1) is 6.04 Å². The largest absolute Gasteiger partial charge is 0.378 e. The number of anilines is 1. The number of hydrogen-bond acceptors (Lipinski definition) is 1. The molecule has 23 heavy (non-hydrogen) atoms. The van der Waals surface area contributed by atoms with Gasteiger partial charge in [0.15, 0.2) is 0 Å². The van der Waals surface area contributed by atoms with Crippen molar-refractivity contribution in [2.75, 3.05) is 5.32 Å². The van der Waals surface area contributed by atoms with Gasteiger partial charge in [0.2, 0.25) is 0 Å². The molecule has 5 rings (SSSR count). The van der Waals surface area contributed by atoms with Crippen LogP contribution in [-0.2, 0) is 6.42 Å². The van der Waals surface area contributed by atoms with Gasteiger partial charge in [-0.05, 0) is 40.7 Å². The number of hydrogen-bond donors (Lipinski definition) is 1. The molecule has 3 unspecified atom stereocenters. The third kappa shape index (κ3) is 1.93. The third-order valence-electron chi connectivity index (χ3n) is 5.47. The topological polar surface area (TPSA) is 12.0 Å². The van der Waals surface area contributed by atoms with Crippen LogP contribution in [0.15, 0.2) is 78.9 Å². The standard InChI is InChI=1S/C22H19N/c1-2-8-15(9-3-1)22-19-14-16-10-4-5-11-17(16)21(19)18-12-6-7-13-20(18)23-22/h1-13,19,21-23H,14H2. The lowest BCUT2D eigenvalue weighted by Crippen LogP contribution is -2.30. The van der Waals surface area contributed by atoms with Crippen molar-refractivity contribution in [3.8, 4) is 0 Å². The minimum Gasteiger partial charge on any atom is -0.378 e. The van der Waals surface area contributed by atoms with Gasteiger partial charge >= 0.3 is 0 Å². The molecule has 1 N–H and O–H groups in total. The average molecular weight is 297 g/mol. The Morgan fingerprint density at radius 2 is 1.39 bits per heavy atom. The van der Waals surface area contributed by atoms with Crippen molar-refractivity contribution in [3.63, 3.8) is 0 Å². The maximum Gasteiger partial charge on any atom is 0.0554 e. The van der Waals surface area contributed by atoms with E-state index in [-0.39, 0.29) is 0 Å². The maximum atomic E-state index is 3.82. The molecule has 0 aromatic heterocycles. The first-order chi connectivity index (χ1) is 11.4. The van der Waals surface area contributed by atoms with Crippen LogP contribution in [0.5, 0.6) is 0 Å². The molecule has 0 bridgehead atoms. The molecule has 0 radical (unpaired) electrons. The molecule has 0 saturated heterocycles. The van der Waals surface area contributed by atoms with Crippen LogP contribution < -0.4 is 5.32 Å². The summed E-state index contributed by atoms with van der Waals surface area (Å²) < 4.78 is 0. The van der Waals surface area contributed by atoms with Crippen molar-refractivity contribution < 1.29 is 0 Å². The molecule has 1 nitrogen and oxygen atoms in total. The van der Waals surface area contributed by atoms with Crippen LogP contribution in [-0.4, -0.2) is 0 Å². The van der Waals surface area contributed by atoms with Crippen LogP contribution in [0.1, 0.15) is 34.2 Å².